The van der Waals surface area contributed by atoms with Crippen molar-refractivity contribution in [1.82, 2.24) is 5.06 Å². The van der Waals surface area contributed by atoms with Crippen molar-refractivity contribution in [1.29, 1.82) is 0 Å². The zero-order valence-electron chi connectivity index (χ0n) is 4.67. The minimum Gasteiger partial charge on any atom is -0.379 e. The predicted molar refractivity (Wildman–Crippen MR) is 27.7 cm³/mol. The Morgan fingerprint density at radius 1 is 1.38 bits per heavy atom. The monoisotopic (exact) mass is 118 g/mol. The maximum Gasteiger partial charge on any atom is 0.0618 e. The van der Waals surface area contributed by atoms with Crippen LogP contribution in [0.15, 0.2) is 0 Å². The number of nitrogens with two attached hydrogens (primary N) is 1. The zero-order chi connectivity index (χ0) is 5.82. The molecule has 0 saturated carbocycles. The number of rotatable bonds is 1. The molecule has 1 aliphatic rings. The summed E-state index contributed by atoms with van der Waals surface area (Å²) in [6.07, 6.45) is 0. The molecule has 1 aliphatic heterocycles. The normalized spacial score (nSPS) is 23.6. The van der Waals surface area contributed by atoms with E-state index in [4.69, 9.17) is 10.6 Å². The van der Waals surface area contributed by atoms with E-state index < -0.39 is 0 Å². The molecule has 1 rings (SSSR count). The van der Waals surface area contributed by atoms with Gasteiger partial charge in [-0.2, -0.15) is 11.0 Å². The molecule has 0 amide bonds. The SMILES string of the molecule is NON1CCOCC1. The third-order valence-corrected chi connectivity index (χ3v) is 1.12. The summed E-state index contributed by atoms with van der Waals surface area (Å²) < 4.78 is 5.02. The van der Waals surface area contributed by atoms with Crippen LogP contribution in [0.1, 0.15) is 0 Å². The molecule has 48 valence electrons. The van der Waals surface area contributed by atoms with Crippen LogP contribution in [0, 0.1) is 0 Å². The minimum atomic E-state index is 0.719. The van der Waals surface area contributed by atoms with E-state index in [1.807, 2.05) is 0 Å². The second-order valence-corrected chi connectivity index (χ2v) is 1.65. The second-order valence-electron chi connectivity index (χ2n) is 1.65. The highest BCUT2D eigenvalue weighted by atomic mass is 16.8. The Bertz CT molecular complexity index is 63.1. The van der Waals surface area contributed by atoms with E-state index in [0.717, 1.165) is 26.3 Å². The van der Waals surface area contributed by atoms with Crippen LogP contribution >= 0.6 is 0 Å². The molecule has 0 atom stereocenters. The van der Waals surface area contributed by atoms with E-state index in [1.54, 1.807) is 5.06 Å². The number of ether oxygens (including phenoxy) is 1. The van der Waals surface area contributed by atoms with Gasteiger partial charge in [0.15, 0.2) is 0 Å². The highest BCUT2D eigenvalue weighted by molar-refractivity contribution is 4.49. The second kappa shape index (κ2) is 2.99. The van der Waals surface area contributed by atoms with Crippen LogP contribution in [0.4, 0.5) is 0 Å². The summed E-state index contributed by atoms with van der Waals surface area (Å²) in [6.45, 7) is 2.99. The number of nitrogens with zero attached hydrogens (tertiary/aromatic N) is 1. The van der Waals surface area contributed by atoms with Gasteiger partial charge in [0.2, 0.25) is 0 Å². The molecule has 0 unspecified atom stereocenters. The van der Waals surface area contributed by atoms with E-state index in [1.165, 1.54) is 0 Å². The van der Waals surface area contributed by atoms with Crippen LogP contribution in [-0.2, 0) is 9.68 Å². The van der Waals surface area contributed by atoms with Crippen molar-refractivity contribution in [3.05, 3.63) is 0 Å². The average Bonchev–Trinajstić information content (AvgIpc) is 1.90. The van der Waals surface area contributed by atoms with E-state index >= 15 is 0 Å². The Morgan fingerprint density at radius 2 is 2.00 bits per heavy atom. The molecule has 0 bridgehead atoms. The maximum atomic E-state index is 5.02. The molecule has 4 heteroatoms. The van der Waals surface area contributed by atoms with Gasteiger partial charge < -0.3 is 4.74 Å². The summed E-state index contributed by atoms with van der Waals surface area (Å²) in [6, 6.07) is 0. The lowest BCUT2D eigenvalue weighted by Gasteiger charge is -2.22. The number of hydrogen-bond donors (Lipinski definition) is 1. The lowest BCUT2D eigenvalue weighted by molar-refractivity contribution is -0.197. The highest BCUT2D eigenvalue weighted by Crippen LogP contribution is 1.92. The summed E-state index contributed by atoms with van der Waals surface area (Å²) in [4.78, 5) is 4.44. The largest absolute Gasteiger partial charge is 0.379 e. The number of hydrogen-bond acceptors (Lipinski definition) is 4. The predicted octanol–water partition coefficient (Wildman–Crippen LogP) is -0.876. The summed E-state index contributed by atoms with van der Waals surface area (Å²) >= 11 is 0. The van der Waals surface area contributed by atoms with Gasteiger partial charge in [0.05, 0.1) is 13.2 Å². The van der Waals surface area contributed by atoms with Crippen molar-refractivity contribution < 1.29 is 9.68 Å². The molecule has 1 heterocycles. The van der Waals surface area contributed by atoms with Gasteiger partial charge in [0.25, 0.3) is 0 Å². The maximum absolute atomic E-state index is 5.02. The van der Waals surface area contributed by atoms with Gasteiger partial charge in [0, 0.05) is 13.1 Å². The quantitative estimate of drug-likeness (QED) is 0.454. The van der Waals surface area contributed by atoms with Gasteiger partial charge in [-0.25, -0.2) is 4.94 Å². The Balaban J connectivity index is 2.13. The first-order valence-corrected chi connectivity index (χ1v) is 2.63. The first-order valence-electron chi connectivity index (χ1n) is 2.63. The minimum absolute atomic E-state index is 0.719. The Morgan fingerprint density at radius 3 is 2.38 bits per heavy atom. The average molecular weight is 118 g/mol. The van der Waals surface area contributed by atoms with E-state index in [2.05, 4.69) is 4.94 Å². The van der Waals surface area contributed by atoms with Gasteiger partial charge in [-0.05, 0) is 0 Å². The lowest BCUT2D eigenvalue weighted by atomic mass is 10.5. The summed E-state index contributed by atoms with van der Waals surface area (Å²) in [5.41, 5.74) is 0. The van der Waals surface area contributed by atoms with Gasteiger partial charge in [-0.1, -0.05) is 0 Å². The van der Waals surface area contributed by atoms with Crippen molar-refractivity contribution in [3.8, 4) is 0 Å². The van der Waals surface area contributed by atoms with Crippen LogP contribution in [0.3, 0.4) is 0 Å². The lowest BCUT2D eigenvalue weighted by Crippen LogP contribution is -2.38. The fraction of sp³-hybridized carbons (Fsp3) is 1.00. The Hall–Kier alpha value is -0.160. The third kappa shape index (κ3) is 1.41. The standard InChI is InChI=1S/C4H10N2O2/c5-8-6-1-3-7-4-2-6/h1-5H2. The summed E-state index contributed by atoms with van der Waals surface area (Å²) in [5.74, 6) is 4.87. The van der Waals surface area contributed by atoms with Crippen LogP contribution < -0.4 is 5.90 Å². The van der Waals surface area contributed by atoms with Crippen LogP contribution in [-0.4, -0.2) is 31.4 Å². The molecule has 4 nitrogen and oxygen atoms in total. The van der Waals surface area contributed by atoms with E-state index in [-0.39, 0.29) is 0 Å². The zero-order valence-corrected chi connectivity index (χ0v) is 4.67. The van der Waals surface area contributed by atoms with Gasteiger partial charge in [0.1, 0.15) is 0 Å². The van der Waals surface area contributed by atoms with Crippen LogP contribution in [0.5, 0.6) is 0 Å². The molecule has 8 heavy (non-hydrogen) atoms. The molecule has 0 aromatic carbocycles. The van der Waals surface area contributed by atoms with Crippen LogP contribution in [0.25, 0.3) is 0 Å². The molecular weight excluding hydrogens is 108 g/mol. The number of morpholine rings is 1. The van der Waals surface area contributed by atoms with Crippen molar-refractivity contribution >= 4 is 0 Å². The Labute approximate surface area is 48.1 Å². The molecule has 0 radical (unpaired) electrons. The molecule has 1 fully saturated rings. The van der Waals surface area contributed by atoms with Crippen LogP contribution in [0.2, 0.25) is 0 Å². The van der Waals surface area contributed by atoms with Gasteiger partial charge >= 0.3 is 0 Å². The van der Waals surface area contributed by atoms with Crippen molar-refractivity contribution in [2.75, 3.05) is 26.3 Å². The van der Waals surface area contributed by atoms with Gasteiger partial charge in [-0.15, -0.1) is 0 Å². The van der Waals surface area contributed by atoms with Crippen molar-refractivity contribution in [3.63, 3.8) is 0 Å². The first kappa shape index (κ1) is 5.97. The number of hydroxylamine groups is 2. The van der Waals surface area contributed by atoms with Crippen molar-refractivity contribution in [2.45, 2.75) is 0 Å². The molecule has 2 N–H and O–H groups in total. The molecule has 0 aromatic heterocycles. The molecule has 0 aliphatic carbocycles. The molecule has 0 aromatic rings. The topological polar surface area (TPSA) is 47.7 Å². The highest BCUT2D eigenvalue weighted by Gasteiger charge is 2.07. The molecule has 0 spiro atoms. The first-order chi connectivity index (χ1) is 3.93. The third-order valence-electron chi connectivity index (χ3n) is 1.12. The Kier molecular flexibility index (Phi) is 2.23. The van der Waals surface area contributed by atoms with E-state index in [0.29, 0.717) is 0 Å². The molecular formula is C4H10N2O2. The van der Waals surface area contributed by atoms with Gasteiger partial charge in [-0.3, -0.25) is 0 Å². The fourth-order valence-corrected chi connectivity index (χ4v) is 0.652. The molecule has 1 saturated heterocycles. The van der Waals surface area contributed by atoms with E-state index in [9.17, 15) is 0 Å². The summed E-state index contributed by atoms with van der Waals surface area (Å²) in [7, 11) is 0. The fourth-order valence-electron chi connectivity index (χ4n) is 0.652. The summed E-state index contributed by atoms with van der Waals surface area (Å²) in [5, 5.41) is 1.67. The smallest absolute Gasteiger partial charge is 0.0618 e. The van der Waals surface area contributed by atoms with Crippen molar-refractivity contribution in [2.24, 2.45) is 5.90 Å².